The third-order valence-electron chi connectivity index (χ3n) is 5.58. The third-order valence-corrected chi connectivity index (χ3v) is 8.51. The Morgan fingerprint density at radius 3 is 2.08 bits per heavy atom. The molecular formula is C28H31N3O3S2. The molecule has 1 aromatic heterocycles. The van der Waals surface area contributed by atoms with Gasteiger partial charge in [-0.15, -0.1) is 11.3 Å². The molecule has 3 aromatic carbocycles. The van der Waals surface area contributed by atoms with E-state index in [-0.39, 0.29) is 22.6 Å². The van der Waals surface area contributed by atoms with Crippen LogP contribution in [0.1, 0.15) is 38.1 Å². The van der Waals surface area contributed by atoms with Crippen molar-refractivity contribution in [2.45, 2.75) is 32.6 Å². The minimum Gasteiger partial charge on any atom is -0.322 e. The summed E-state index contributed by atoms with van der Waals surface area (Å²) < 4.78 is 29.1. The first-order chi connectivity index (χ1) is 17.1. The number of nitrogens with zero attached hydrogens (tertiary/aromatic N) is 2. The molecule has 6 nitrogen and oxygen atoms in total. The molecule has 0 spiro atoms. The number of para-hydroxylation sites is 1. The third kappa shape index (κ3) is 6.00. The Kier molecular flexibility index (Phi) is 7.88. The lowest BCUT2D eigenvalue weighted by Crippen LogP contribution is -2.37. The van der Waals surface area contributed by atoms with Crippen molar-refractivity contribution in [3.05, 3.63) is 78.4 Å². The summed E-state index contributed by atoms with van der Waals surface area (Å²) in [7, 11) is -3.64. The van der Waals surface area contributed by atoms with Crippen LogP contribution in [0.4, 0.5) is 5.69 Å². The molecule has 8 heteroatoms. The number of hydrogen-bond acceptors (Lipinski definition) is 5. The predicted molar refractivity (Wildman–Crippen MR) is 148 cm³/mol. The quantitative estimate of drug-likeness (QED) is 0.272. The number of aromatic nitrogens is 1. The fourth-order valence-electron chi connectivity index (χ4n) is 3.91. The average molecular weight is 522 g/mol. The van der Waals surface area contributed by atoms with E-state index in [4.69, 9.17) is 0 Å². The van der Waals surface area contributed by atoms with E-state index >= 15 is 0 Å². The van der Waals surface area contributed by atoms with Gasteiger partial charge < -0.3 is 5.32 Å². The molecule has 0 atom stereocenters. The molecular weight excluding hydrogens is 490 g/mol. The highest BCUT2D eigenvalue weighted by Gasteiger charge is 2.26. The Morgan fingerprint density at radius 2 is 1.50 bits per heavy atom. The van der Waals surface area contributed by atoms with E-state index < -0.39 is 10.0 Å². The second-order valence-electron chi connectivity index (χ2n) is 9.65. The first-order valence-corrected chi connectivity index (χ1v) is 14.3. The Balaban J connectivity index is 1.45. The molecule has 1 heterocycles. The predicted octanol–water partition coefficient (Wildman–Crippen LogP) is 6.52. The van der Waals surface area contributed by atoms with E-state index in [1.807, 2.05) is 76.2 Å². The van der Waals surface area contributed by atoms with E-state index in [1.54, 1.807) is 23.5 Å². The maximum atomic E-state index is 13.2. The van der Waals surface area contributed by atoms with Crippen LogP contribution < -0.4 is 5.32 Å². The molecule has 1 amide bonds. The summed E-state index contributed by atoms with van der Waals surface area (Å²) in [6.07, 6.45) is 0. The molecule has 0 saturated carbocycles. The Morgan fingerprint density at radius 1 is 0.889 bits per heavy atom. The number of carbonyl (C=O) groups excluding carboxylic acids is 1. The van der Waals surface area contributed by atoms with Gasteiger partial charge in [-0.05, 0) is 72.5 Å². The van der Waals surface area contributed by atoms with E-state index in [2.05, 4.69) is 10.3 Å². The number of anilines is 1. The Hall–Kier alpha value is -3.07. The van der Waals surface area contributed by atoms with Gasteiger partial charge in [-0.25, -0.2) is 13.4 Å². The number of thiazole rings is 1. The maximum absolute atomic E-state index is 13.2. The van der Waals surface area contributed by atoms with E-state index in [9.17, 15) is 13.2 Å². The van der Waals surface area contributed by atoms with Crippen LogP contribution in [0, 0.1) is 11.8 Å². The lowest BCUT2D eigenvalue weighted by Gasteiger charge is -2.25. The molecule has 4 rings (SSSR count). The van der Waals surface area contributed by atoms with E-state index in [0.29, 0.717) is 24.3 Å². The molecule has 0 radical (unpaired) electrons. The summed E-state index contributed by atoms with van der Waals surface area (Å²) in [5.41, 5.74) is 3.00. The molecule has 36 heavy (non-hydrogen) atoms. The van der Waals surface area contributed by atoms with Crippen molar-refractivity contribution < 1.29 is 13.2 Å². The standard InChI is InChI=1S/C28H31N3O3S2/c1-19(2)17-31(18-20(3)4)36(33,34)24-15-11-21(12-16-24)27(32)29-23-13-9-22(10-14-23)28-30-25-7-5-6-8-26(25)35-28/h5-16,19-20H,17-18H2,1-4H3,(H,29,32). The van der Waals surface area contributed by atoms with Crippen LogP contribution >= 0.6 is 11.3 Å². The van der Waals surface area contributed by atoms with E-state index in [1.165, 1.54) is 16.4 Å². The lowest BCUT2D eigenvalue weighted by atomic mass is 10.2. The number of carbonyl (C=O) groups is 1. The van der Waals surface area contributed by atoms with Gasteiger partial charge in [0.1, 0.15) is 5.01 Å². The van der Waals surface area contributed by atoms with Crippen molar-refractivity contribution in [2.24, 2.45) is 11.8 Å². The number of hydrogen-bond donors (Lipinski definition) is 1. The minimum absolute atomic E-state index is 0.195. The molecule has 188 valence electrons. The topological polar surface area (TPSA) is 79.4 Å². The smallest absolute Gasteiger partial charge is 0.255 e. The first kappa shape index (κ1) is 26.0. The van der Waals surface area contributed by atoms with Gasteiger partial charge in [0.15, 0.2) is 0 Å². The van der Waals surface area contributed by atoms with Crippen molar-refractivity contribution >= 4 is 43.2 Å². The summed E-state index contributed by atoms with van der Waals surface area (Å²) >= 11 is 1.63. The monoisotopic (exact) mass is 521 g/mol. The molecule has 0 bridgehead atoms. The van der Waals surface area contributed by atoms with Gasteiger partial charge in [-0.3, -0.25) is 4.79 Å². The fourth-order valence-corrected chi connectivity index (χ4v) is 6.65. The van der Waals surface area contributed by atoms with Gasteiger partial charge in [0, 0.05) is 29.9 Å². The van der Waals surface area contributed by atoms with Crippen LogP contribution in [-0.4, -0.2) is 36.7 Å². The van der Waals surface area contributed by atoms with Gasteiger partial charge in [0.2, 0.25) is 10.0 Å². The average Bonchev–Trinajstić information content (AvgIpc) is 3.28. The molecule has 0 unspecified atom stereocenters. The van der Waals surface area contributed by atoms with Crippen molar-refractivity contribution in [3.63, 3.8) is 0 Å². The number of sulfonamides is 1. The van der Waals surface area contributed by atoms with Crippen LogP contribution in [0.3, 0.4) is 0 Å². The Labute approximate surface area is 217 Å². The van der Waals surface area contributed by atoms with Gasteiger partial charge in [-0.1, -0.05) is 39.8 Å². The maximum Gasteiger partial charge on any atom is 0.255 e. The summed E-state index contributed by atoms with van der Waals surface area (Å²) in [5, 5.41) is 3.81. The van der Waals surface area contributed by atoms with Gasteiger partial charge >= 0.3 is 0 Å². The molecule has 4 aromatic rings. The molecule has 0 fully saturated rings. The van der Waals surface area contributed by atoms with Crippen LogP contribution in [-0.2, 0) is 10.0 Å². The van der Waals surface area contributed by atoms with Crippen LogP contribution in [0.15, 0.2) is 77.7 Å². The second kappa shape index (κ2) is 10.9. The normalized spacial score (nSPS) is 12.1. The highest BCUT2D eigenvalue weighted by atomic mass is 32.2. The van der Waals surface area contributed by atoms with Crippen molar-refractivity contribution in [3.8, 4) is 10.6 Å². The van der Waals surface area contributed by atoms with E-state index in [0.717, 1.165) is 20.8 Å². The molecule has 0 aliphatic carbocycles. The zero-order valence-electron chi connectivity index (χ0n) is 20.9. The number of fused-ring (bicyclic) bond motifs is 1. The summed E-state index contributed by atoms with van der Waals surface area (Å²) in [6.45, 7) is 8.92. The fraction of sp³-hybridized carbons (Fsp3) is 0.286. The van der Waals surface area contributed by atoms with Crippen molar-refractivity contribution in [1.82, 2.24) is 9.29 Å². The lowest BCUT2D eigenvalue weighted by molar-refractivity contribution is 0.102. The number of nitrogens with one attached hydrogen (secondary N) is 1. The zero-order chi connectivity index (χ0) is 25.9. The molecule has 0 aliphatic rings. The summed E-state index contributed by atoms with van der Waals surface area (Å²) in [5.74, 6) is 0.127. The van der Waals surface area contributed by atoms with Gasteiger partial charge in [-0.2, -0.15) is 4.31 Å². The molecule has 0 aliphatic heterocycles. The van der Waals surface area contributed by atoms with Gasteiger partial charge in [0.05, 0.1) is 15.1 Å². The SMILES string of the molecule is CC(C)CN(CC(C)C)S(=O)(=O)c1ccc(C(=O)Nc2ccc(-c3nc4ccccc4s3)cc2)cc1. The summed E-state index contributed by atoms with van der Waals surface area (Å²) in [4.78, 5) is 17.7. The van der Waals surface area contributed by atoms with Crippen LogP contribution in [0.2, 0.25) is 0 Å². The molecule has 1 N–H and O–H groups in total. The van der Waals surface area contributed by atoms with Crippen molar-refractivity contribution in [2.75, 3.05) is 18.4 Å². The highest BCUT2D eigenvalue weighted by molar-refractivity contribution is 7.89. The zero-order valence-corrected chi connectivity index (χ0v) is 22.6. The second-order valence-corrected chi connectivity index (χ2v) is 12.6. The number of rotatable bonds is 9. The number of amides is 1. The van der Waals surface area contributed by atoms with Gasteiger partial charge in [0.25, 0.3) is 5.91 Å². The van der Waals surface area contributed by atoms with Crippen LogP contribution in [0.5, 0.6) is 0 Å². The van der Waals surface area contributed by atoms with Crippen molar-refractivity contribution in [1.29, 1.82) is 0 Å². The minimum atomic E-state index is -3.64. The molecule has 0 saturated heterocycles. The Bertz CT molecular complexity index is 1400. The largest absolute Gasteiger partial charge is 0.322 e. The first-order valence-electron chi connectivity index (χ1n) is 12.0. The highest BCUT2D eigenvalue weighted by Crippen LogP contribution is 2.30. The summed E-state index contributed by atoms with van der Waals surface area (Å²) in [6, 6.07) is 21.7. The number of benzene rings is 3. The van der Waals surface area contributed by atoms with Crippen LogP contribution in [0.25, 0.3) is 20.8 Å².